The summed E-state index contributed by atoms with van der Waals surface area (Å²) in [6.07, 6.45) is 2.81. The molecule has 21 heavy (non-hydrogen) atoms. The Hall–Kier alpha value is -1.90. The van der Waals surface area contributed by atoms with Gasteiger partial charge in [0.2, 0.25) is 0 Å². The van der Waals surface area contributed by atoms with Crippen LogP contribution < -0.4 is 5.32 Å². The number of hydrogen-bond donors (Lipinski definition) is 1. The zero-order chi connectivity index (χ0) is 14.5. The lowest BCUT2D eigenvalue weighted by Crippen LogP contribution is -2.17. The Morgan fingerprint density at radius 2 is 1.71 bits per heavy atom. The number of nitrogens with zero attached hydrogens (tertiary/aromatic N) is 1. The lowest BCUT2D eigenvalue weighted by Gasteiger charge is -2.08. The number of halogens is 1. The lowest BCUT2D eigenvalue weighted by atomic mass is 10.1. The van der Waals surface area contributed by atoms with Crippen molar-refractivity contribution >= 4 is 22.5 Å². The van der Waals surface area contributed by atoms with Gasteiger partial charge < -0.3 is 5.32 Å². The Bertz CT molecular complexity index is 735. The van der Waals surface area contributed by atoms with E-state index in [2.05, 4.69) is 40.6 Å². The number of pyridine rings is 1. The Labute approximate surface area is 129 Å². The van der Waals surface area contributed by atoms with Crippen molar-refractivity contribution in [1.82, 2.24) is 10.3 Å². The summed E-state index contributed by atoms with van der Waals surface area (Å²) in [5, 5.41) is 5.46. The van der Waals surface area contributed by atoms with Crippen molar-refractivity contribution in [3.63, 3.8) is 0 Å². The molecular weight excluding hydrogens is 280 g/mol. The molecule has 3 rings (SSSR count). The summed E-state index contributed by atoms with van der Waals surface area (Å²) in [7, 11) is 0. The third-order valence-electron chi connectivity index (χ3n) is 3.56. The molecule has 1 heterocycles. The molecule has 0 aliphatic carbocycles. The van der Waals surface area contributed by atoms with E-state index in [0.717, 1.165) is 35.6 Å². The van der Waals surface area contributed by atoms with Crippen molar-refractivity contribution in [2.75, 3.05) is 6.54 Å². The number of hydrogen-bond acceptors (Lipinski definition) is 2. The minimum Gasteiger partial charge on any atom is -0.312 e. The Morgan fingerprint density at radius 1 is 0.905 bits per heavy atom. The van der Waals surface area contributed by atoms with Crippen molar-refractivity contribution in [3.05, 3.63) is 76.9 Å². The largest absolute Gasteiger partial charge is 0.312 e. The number of benzene rings is 2. The van der Waals surface area contributed by atoms with Crippen LogP contribution in [0, 0.1) is 0 Å². The fourth-order valence-corrected chi connectivity index (χ4v) is 2.66. The molecule has 106 valence electrons. The molecule has 0 aliphatic rings. The molecule has 1 N–H and O–H groups in total. The molecule has 0 amide bonds. The number of nitrogens with one attached hydrogen (secondary N) is 1. The van der Waals surface area contributed by atoms with Gasteiger partial charge in [-0.3, -0.25) is 4.98 Å². The Balaban J connectivity index is 1.61. The molecule has 3 heteroatoms. The Morgan fingerprint density at radius 3 is 2.62 bits per heavy atom. The predicted octanol–water partition coefficient (Wildman–Crippen LogP) is 4.22. The van der Waals surface area contributed by atoms with E-state index >= 15 is 0 Å². The molecule has 0 spiro atoms. The highest BCUT2D eigenvalue weighted by molar-refractivity contribution is 6.31. The van der Waals surface area contributed by atoms with E-state index < -0.39 is 0 Å². The van der Waals surface area contributed by atoms with Crippen molar-refractivity contribution in [2.24, 2.45) is 0 Å². The van der Waals surface area contributed by atoms with Gasteiger partial charge in [-0.25, -0.2) is 0 Å². The van der Waals surface area contributed by atoms with Gasteiger partial charge in [0.1, 0.15) is 0 Å². The summed E-state index contributed by atoms with van der Waals surface area (Å²) in [6.45, 7) is 1.69. The van der Waals surface area contributed by atoms with Crippen molar-refractivity contribution in [1.29, 1.82) is 0 Å². The summed E-state index contributed by atoms with van der Waals surface area (Å²) in [4.78, 5) is 4.48. The average Bonchev–Trinajstić information content (AvgIpc) is 2.53. The topological polar surface area (TPSA) is 24.9 Å². The minimum absolute atomic E-state index is 0.790. The third kappa shape index (κ3) is 3.41. The van der Waals surface area contributed by atoms with Gasteiger partial charge in [-0.1, -0.05) is 54.1 Å². The molecule has 0 aliphatic heterocycles. The van der Waals surface area contributed by atoms with E-state index in [1.807, 2.05) is 30.5 Å². The van der Waals surface area contributed by atoms with Gasteiger partial charge in [-0.15, -0.1) is 0 Å². The van der Waals surface area contributed by atoms with Crippen molar-refractivity contribution in [3.8, 4) is 0 Å². The van der Waals surface area contributed by atoms with E-state index in [4.69, 9.17) is 11.6 Å². The molecule has 0 unspecified atom stereocenters. The fraction of sp³-hybridized carbons (Fsp3) is 0.167. The van der Waals surface area contributed by atoms with E-state index in [-0.39, 0.29) is 0 Å². The lowest BCUT2D eigenvalue weighted by molar-refractivity contribution is 0.688. The van der Waals surface area contributed by atoms with E-state index in [0.29, 0.717) is 0 Å². The number of rotatable bonds is 5. The highest BCUT2D eigenvalue weighted by atomic mass is 35.5. The summed E-state index contributed by atoms with van der Waals surface area (Å²) in [5.74, 6) is 0. The molecule has 0 saturated carbocycles. The second kappa shape index (κ2) is 6.70. The highest BCUT2D eigenvalue weighted by Gasteiger charge is 2.02. The zero-order valence-corrected chi connectivity index (χ0v) is 12.5. The molecule has 2 nitrogen and oxygen atoms in total. The maximum atomic E-state index is 6.15. The molecule has 0 radical (unpaired) electrons. The third-order valence-corrected chi connectivity index (χ3v) is 3.93. The van der Waals surface area contributed by atoms with Gasteiger partial charge in [-0.05, 0) is 36.2 Å². The molecule has 2 aromatic carbocycles. The van der Waals surface area contributed by atoms with Gasteiger partial charge in [0.05, 0.1) is 5.52 Å². The van der Waals surface area contributed by atoms with Gasteiger partial charge in [-0.2, -0.15) is 0 Å². The zero-order valence-electron chi connectivity index (χ0n) is 11.7. The minimum atomic E-state index is 0.790. The van der Waals surface area contributed by atoms with Gasteiger partial charge in [0, 0.05) is 23.2 Å². The first kappa shape index (κ1) is 14.1. The molecule has 0 atom stereocenters. The standard InChI is InChI=1S/C18H17ClN2/c19-17-9-2-1-5-16(17)13-20-12-10-15-7-3-6-14-8-4-11-21-18(14)15/h1-9,11,20H,10,12-13H2. The predicted molar refractivity (Wildman–Crippen MR) is 88.6 cm³/mol. The highest BCUT2D eigenvalue weighted by Crippen LogP contribution is 2.17. The number of aromatic nitrogens is 1. The maximum Gasteiger partial charge on any atom is 0.0734 e. The SMILES string of the molecule is Clc1ccccc1CNCCc1cccc2cccnc12. The fourth-order valence-electron chi connectivity index (χ4n) is 2.46. The van der Waals surface area contributed by atoms with Crippen LogP contribution in [0.4, 0.5) is 0 Å². The van der Waals surface area contributed by atoms with Crippen LogP contribution in [0.2, 0.25) is 5.02 Å². The summed E-state index contributed by atoms with van der Waals surface area (Å²) in [6, 6.07) is 18.3. The average molecular weight is 297 g/mol. The number of fused-ring (bicyclic) bond motifs is 1. The van der Waals surface area contributed by atoms with Crippen molar-refractivity contribution < 1.29 is 0 Å². The maximum absolute atomic E-state index is 6.15. The normalized spacial score (nSPS) is 10.9. The van der Waals surface area contributed by atoms with Crippen LogP contribution in [0.5, 0.6) is 0 Å². The molecule has 1 aromatic heterocycles. The van der Waals surface area contributed by atoms with Crippen LogP contribution in [-0.4, -0.2) is 11.5 Å². The van der Waals surface area contributed by atoms with Crippen molar-refractivity contribution in [2.45, 2.75) is 13.0 Å². The first-order valence-corrected chi connectivity index (χ1v) is 7.49. The van der Waals surface area contributed by atoms with Crippen LogP contribution >= 0.6 is 11.6 Å². The van der Waals surface area contributed by atoms with Crippen LogP contribution in [0.1, 0.15) is 11.1 Å². The quantitative estimate of drug-likeness (QED) is 0.713. The summed E-state index contributed by atoms with van der Waals surface area (Å²) in [5.41, 5.74) is 3.51. The number of para-hydroxylation sites is 1. The van der Waals surface area contributed by atoms with Crippen LogP contribution in [0.15, 0.2) is 60.8 Å². The molecule has 3 aromatic rings. The Kier molecular flexibility index (Phi) is 4.49. The van der Waals surface area contributed by atoms with Gasteiger partial charge >= 0.3 is 0 Å². The first-order valence-electron chi connectivity index (χ1n) is 7.11. The molecule has 0 saturated heterocycles. The van der Waals surface area contributed by atoms with E-state index in [1.54, 1.807) is 0 Å². The van der Waals surface area contributed by atoms with Gasteiger partial charge in [0.15, 0.2) is 0 Å². The van der Waals surface area contributed by atoms with Gasteiger partial charge in [0.25, 0.3) is 0 Å². The van der Waals surface area contributed by atoms with E-state index in [1.165, 1.54) is 10.9 Å². The molecular formula is C18H17ClN2. The van der Waals surface area contributed by atoms with E-state index in [9.17, 15) is 0 Å². The van der Waals surface area contributed by atoms with Crippen LogP contribution in [0.25, 0.3) is 10.9 Å². The first-order chi connectivity index (χ1) is 10.3. The second-order valence-electron chi connectivity index (χ2n) is 5.01. The molecule has 0 bridgehead atoms. The summed E-state index contributed by atoms with van der Waals surface area (Å²) >= 11 is 6.15. The smallest absolute Gasteiger partial charge is 0.0734 e. The molecule has 0 fully saturated rings. The second-order valence-corrected chi connectivity index (χ2v) is 5.42. The monoisotopic (exact) mass is 296 g/mol. The van der Waals surface area contributed by atoms with Crippen LogP contribution in [0.3, 0.4) is 0 Å². The van der Waals surface area contributed by atoms with Crippen LogP contribution in [-0.2, 0) is 13.0 Å². The summed E-state index contributed by atoms with van der Waals surface area (Å²) < 4.78 is 0.